The van der Waals surface area contributed by atoms with E-state index in [2.05, 4.69) is 5.16 Å². The maximum absolute atomic E-state index is 11.1. The molecule has 1 amide bonds. The van der Waals surface area contributed by atoms with Gasteiger partial charge in [0.2, 0.25) is 5.76 Å². The van der Waals surface area contributed by atoms with Crippen molar-refractivity contribution in [3.63, 3.8) is 0 Å². The van der Waals surface area contributed by atoms with E-state index in [-0.39, 0.29) is 5.76 Å². The number of carbonyl (C=O) groups is 1. The smallest absolute Gasteiger partial charge is 0.303 e. The highest BCUT2D eigenvalue weighted by Gasteiger charge is 2.11. The molecule has 0 saturated carbocycles. The first-order valence-corrected chi connectivity index (χ1v) is 4.34. The van der Waals surface area contributed by atoms with Crippen LogP contribution in [-0.2, 0) is 0 Å². The van der Waals surface area contributed by atoms with Crippen molar-refractivity contribution in [1.82, 2.24) is 10.6 Å². The van der Waals surface area contributed by atoms with E-state index in [4.69, 9.17) is 10.4 Å². The van der Waals surface area contributed by atoms with Crippen molar-refractivity contribution in [2.45, 2.75) is 0 Å². The number of nitrogen functional groups attached to an aromatic ring is 1. The summed E-state index contributed by atoms with van der Waals surface area (Å²) in [7, 11) is 0. The van der Waals surface area contributed by atoms with Crippen LogP contribution in [0.5, 0.6) is 0 Å². The monoisotopic (exact) mass is 203 g/mol. The summed E-state index contributed by atoms with van der Waals surface area (Å²) >= 11 is 0. The summed E-state index contributed by atoms with van der Waals surface area (Å²) in [4.78, 5) is 11.1. The number of nitrogens with two attached hydrogens (primary N) is 1. The van der Waals surface area contributed by atoms with Gasteiger partial charge in [0.1, 0.15) is 5.69 Å². The van der Waals surface area contributed by atoms with Gasteiger partial charge in [-0.1, -0.05) is 35.5 Å². The van der Waals surface area contributed by atoms with E-state index in [1.165, 1.54) is 6.07 Å². The summed E-state index contributed by atoms with van der Waals surface area (Å²) in [6.07, 6.45) is 0. The van der Waals surface area contributed by atoms with Crippen molar-refractivity contribution in [2.75, 3.05) is 0 Å². The molecule has 3 N–H and O–H groups in total. The molecule has 0 aliphatic heterocycles. The number of aromatic nitrogens is 1. The number of nitrogens with zero attached hydrogens (tertiary/aromatic N) is 1. The van der Waals surface area contributed by atoms with E-state index in [1.807, 2.05) is 35.8 Å². The lowest BCUT2D eigenvalue weighted by Crippen LogP contribution is -2.29. The van der Waals surface area contributed by atoms with Gasteiger partial charge >= 0.3 is 5.91 Å². The van der Waals surface area contributed by atoms with Crippen LogP contribution in [0.2, 0.25) is 0 Å². The summed E-state index contributed by atoms with van der Waals surface area (Å²) in [5, 5.41) is 3.76. The molecule has 76 valence electrons. The molecule has 1 aromatic heterocycles. The fourth-order valence-corrected chi connectivity index (χ4v) is 1.20. The van der Waals surface area contributed by atoms with Crippen LogP contribution in [0.1, 0.15) is 10.6 Å². The molecule has 0 unspecified atom stereocenters. The van der Waals surface area contributed by atoms with Gasteiger partial charge in [0, 0.05) is 11.6 Å². The lowest BCUT2D eigenvalue weighted by Gasteiger charge is -1.91. The molecule has 2 rings (SSSR count). The summed E-state index contributed by atoms with van der Waals surface area (Å²) in [5.74, 6) is 4.56. The second-order valence-electron chi connectivity index (χ2n) is 2.92. The molecule has 0 radical (unpaired) electrons. The Labute approximate surface area is 85.8 Å². The SMILES string of the molecule is NNC(=O)c1cc(-c2ccccc2)no1. The minimum Gasteiger partial charge on any atom is -0.350 e. The third-order valence-corrected chi connectivity index (χ3v) is 1.93. The highest BCUT2D eigenvalue weighted by molar-refractivity contribution is 5.91. The van der Waals surface area contributed by atoms with Crippen LogP contribution in [0.3, 0.4) is 0 Å². The molecule has 2 aromatic rings. The Morgan fingerprint density at radius 2 is 2.07 bits per heavy atom. The molecule has 1 heterocycles. The third-order valence-electron chi connectivity index (χ3n) is 1.93. The number of benzene rings is 1. The molecule has 15 heavy (non-hydrogen) atoms. The zero-order chi connectivity index (χ0) is 10.7. The molecule has 0 spiro atoms. The van der Waals surface area contributed by atoms with Crippen molar-refractivity contribution in [3.8, 4) is 11.3 Å². The first-order valence-electron chi connectivity index (χ1n) is 4.34. The average Bonchev–Trinajstić information content (AvgIpc) is 2.78. The van der Waals surface area contributed by atoms with Gasteiger partial charge in [-0.05, 0) is 0 Å². The van der Waals surface area contributed by atoms with E-state index >= 15 is 0 Å². The van der Waals surface area contributed by atoms with Crippen molar-refractivity contribution in [1.29, 1.82) is 0 Å². The Balaban J connectivity index is 2.32. The van der Waals surface area contributed by atoms with Crippen LogP contribution in [0.4, 0.5) is 0 Å². The van der Waals surface area contributed by atoms with Gasteiger partial charge in [-0.15, -0.1) is 0 Å². The molecule has 1 aromatic carbocycles. The van der Waals surface area contributed by atoms with E-state index in [0.29, 0.717) is 5.69 Å². The summed E-state index contributed by atoms with van der Waals surface area (Å²) in [6, 6.07) is 11.0. The number of amides is 1. The van der Waals surface area contributed by atoms with Gasteiger partial charge in [0.25, 0.3) is 0 Å². The molecule has 0 fully saturated rings. The van der Waals surface area contributed by atoms with E-state index in [0.717, 1.165) is 5.56 Å². The minimum atomic E-state index is -0.496. The van der Waals surface area contributed by atoms with Crippen LogP contribution in [0.25, 0.3) is 11.3 Å². The average molecular weight is 203 g/mol. The second kappa shape index (κ2) is 3.93. The molecule has 5 nitrogen and oxygen atoms in total. The summed E-state index contributed by atoms with van der Waals surface area (Å²) < 4.78 is 4.83. The quantitative estimate of drug-likeness (QED) is 0.432. The largest absolute Gasteiger partial charge is 0.350 e. The predicted molar refractivity (Wildman–Crippen MR) is 53.6 cm³/mol. The lowest BCUT2D eigenvalue weighted by atomic mass is 10.1. The number of nitrogens with one attached hydrogen (secondary N) is 1. The number of rotatable bonds is 2. The van der Waals surface area contributed by atoms with Crippen LogP contribution >= 0.6 is 0 Å². The predicted octanol–water partition coefficient (Wildman–Crippen LogP) is 0.945. The van der Waals surface area contributed by atoms with Gasteiger partial charge in [0.15, 0.2) is 0 Å². The van der Waals surface area contributed by atoms with Crippen LogP contribution in [-0.4, -0.2) is 11.1 Å². The zero-order valence-electron chi connectivity index (χ0n) is 7.81. The highest BCUT2D eigenvalue weighted by atomic mass is 16.5. The van der Waals surface area contributed by atoms with Gasteiger partial charge < -0.3 is 4.52 Å². The third kappa shape index (κ3) is 1.87. The molecule has 0 aliphatic carbocycles. The van der Waals surface area contributed by atoms with E-state index < -0.39 is 5.91 Å². The summed E-state index contributed by atoms with van der Waals surface area (Å²) in [6.45, 7) is 0. The first-order chi connectivity index (χ1) is 7.31. The van der Waals surface area contributed by atoms with Gasteiger partial charge in [0.05, 0.1) is 0 Å². The van der Waals surface area contributed by atoms with Crippen LogP contribution in [0.15, 0.2) is 40.9 Å². The Morgan fingerprint density at radius 1 is 1.33 bits per heavy atom. The zero-order valence-corrected chi connectivity index (χ0v) is 7.81. The molecular weight excluding hydrogens is 194 g/mol. The Kier molecular flexibility index (Phi) is 2.47. The maximum Gasteiger partial charge on any atom is 0.303 e. The fraction of sp³-hybridized carbons (Fsp3) is 0. The fourth-order valence-electron chi connectivity index (χ4n) is 1.20. The first kappa shape index (κ1) is 9.42. The van der Waals surface area contributed by atoms with E-state index in [9.17, 15) is 4.79 Å². The van der Waals surface area contributed by atoms with Crippen molar-refractivity contribution < 1.29 is 9.32 Å². The molecule has 5 heteroatoms. The normalized spacial score (nSPS) is 9.93. The number of carbonyl (C=O) groups excluding carboxylic acids is 1. The lowest BCUT2D eigenvalue weighted by molar-refractivity contribution is 0.0917. The Morgan fingerprint density at radius 3 is 2.73 bits per heavy atom. The highest BCUT2D eigenvalue weighted by Crippen LogP contribution is 2.18. The second-order valence-corrected chi connectivity index (χ2v) is 2.92. The van der Waals surface area contributed by atoms with Crippen molar-refractivity contribution in [3.05, 3.63) is 42.2 Å². The number of hydrogen-bond donors (Lipinski definition) is 2. The Hall–Kier alpha value is -2.14. The molecular formula is C10H9N3O2. The topological polar surface area (TPSA) is 81.1 Å². The molecule has 0 atom stereocenters. The van der Waals surface area contributed by atoms with Crippen molar-refractivity contribution in [2.24, 2.45) is 5.84 Å². The van der Waals surface area contributed by atoms with Gasteiger partial charge in [-0.2, -0.15) is 0 Å². The minimum absolute atomic E-state index is 0.0938. The maximum atomic E-state index is 11.1. The summed E-state index contributed by atoms with van der Waals surface area (Å²) in [5.41, 5.74) is 3.47. The molecule has 0 aliphatic rings. The molecule has 0 saturated heterocycles. The molecule has 0 bridgehead atoms. The van der Waals surface area contributed by atoms with E-state index in [1.54, 1.807) is 0 Å². The number of hydrazine groups is 1. The van der Waals surface area contributed by atoms with Crippen molar-refractivity contribution >= 4 is 5.91 Å². The Bertz CT molecular complexity index is 465. The standard InChI is InChI=1S/C10H9N3O2/c11-12-10(14)9-6-8(13-15-9)7-4-2-1-3-5-7/h1-6H,11H2,(H,12,14). The number of hydrogen-bond acceptors (Lipinski definition) is 4. The van der Waals surface area contributed by atoms with Crippen LogP contribution in [0, 0.1) is 0 Å². The van der Waals surface area contributed by atoms with Gasteiger partial charge in [-0.25, -0.2) is 5.84 Å². The van der Waals surface area contributed by atoms with Crippen LogP contribution < -0.4 is 11.3 Å². The van der Waals surface area contributed by atoms with Gasteiger partial charge in [-0.3, -0.25) is 10.2 Å².